The minimum atomic E-state index is -0.202. The first-order valence-electron chi connectivity index (χ1n) is 7.40. The monoisotopic (exact) mass is 342 g/mol. The van der Waals surface area contributed by atoms with Crippen molar-refractivity contribution in [3.63, 3.8) is 0 Å². The molecule has 1 aliphatic carbocycles. The number of benzene rings is 1. The molecule has 1 atom stereocenters. The summed E-state index contributed by atoms with van der Waals surface area (Å²) in [6.45, 7) is 2.82. The SMILES string of the molecule is CC1CCC(N(C)C(CN)c2cc(F)ccc2Br)CC1. The molecule has 1 aromatic rings. The lowest BCUT2D eigenvalue weighted by Gasteiger charge is -2.38. The highest BCUT2D eigenvalue weighted by molar-refractivity contribution is 9.10. The lowest BCUT2D eigenvalue weighted by atomic mass is 9.86. The summed E-state index contributed by atoms with van der Waals surface area (Å²) in [5.74, 6) is 0.629. The van der Waals surface area contributed by atoms with Gasteiger partial charge in [-0.1, -0.05) is 22.9 Å². The Morgan fingerprint density at radius 3 is 2.60 bits per heavy atom. The summed E-state index contributed by atoms with van der Waals surface area (Å²) in [5, 5.41) is 0. The second kappa shape index (κ2) is 7.01. The fraction of sp³-hybridized carbons (Fsp3) is 0.625. The van der Waals surface area contributed by atoms with Crippen molar-refractivity contribution < 1.29 is 4.39 Å². The lowest BCUT2D eigenvalue weighted by Crippen LogP contribution is -2.40. The van der Waals surface area contributed by atoms with E-state index in [0.29, 0.717) is 12.6 Å². The van der Waals surface area contributed by atoms with Gasteiger partial charge in [-0.25, -0.2) is 4.39 Å². The van der Waals surface area contributed by atoms with Crippen LogP contribution < -0.4 is 5.73 Å². The van der Waals surface area contributed by atoms with Crippen LogP contribution in [-0.2, 0) is 0 Å². The standard InChI is InChI=1S/C16H24BrFN2/c1-11-3-6-13(7-4-11)20(2)16(10-19)14-9-12(18)5-8-15(14)17/h5,8-9,11,13,16H,3-4,6-7,10,19H2,1-2H3. The van der Waals surface area contributed by atoms with Crippen molar-refractivity contribution >= 4 is 15.9 Å². The summed E-state index contributed by atoms with van der Waals surface area (Å²) >= 11 is 3.52. The molecule has 1 aliphatic rings. The Kier molecular flexibility index (Phi) is 5.58. The molecule has 112 valence electrons. The number of nitrogens with zero attached hydrogens (tertiary/aromatic N) is 1. The van der Waals surface area contributed by atoms with Gasteiger partial charge in [-0.05, 0) is 62.4 Å². The molecule has 0 spiro atoms. The Balaban J connectivity index is 2.16. The van der Waals surface area contributed by atoms with E-state index in [2.05, 4.69) is 34.8 Å². The number of rotatable bonds is 4. The Labute approximate surface area is 129 Å². The first kappa shape index (κ1) is 15.9. The molecule has 0 aromatic heterocycles. The summed E-state index contributed by atoms with van der Waals surface area (Å²) < 4.78 is 14.5. The molecule has 0 amide bonds. The summed E-state index contributed by atoms with van der Waals surface area (Å²) in [6.07, 6.45) is 4.97. The molecule has 0 aliphatic heterocycles. The van der Waals surface area contributed by atoms with Crippen molar-refractivity contribution in [3.8, 4) is 0 Å². The van der Waals surface area contributed by atoms with Gasteiger partial charge in [-0.15, -0.1) is 0 Å². The van der Waals surface area contributed by atoms with Gasteiger partial charge in [0.1, 0.15) is 5.82 Å². The molecule has 2 N–H and O–H groups in total. The van der Waals surface area contributed by atoms with Crippen molar-refractivity contribution in [1.29, 1.82) is 0 Å². The van der Waals surface area contributed by atoms with Crippen LogP contribution in [0.4, 0.5) is 4.39 Å². The highest BCUT2D eigenvalue weighted by Crippen LogP contribution is 2.33. The Bertz CT molecular complexity index is 444. The molecule has 20 heavy (non-hydrogen) atoms. The van der Waals surface area contributed by atoms with E-state index in [4.69, 9.17) is 5.73 Å². The first-order chi connectivity index (χ1) is 9.52. The van der Waals surface area contributed by atoms with E-state index in [1.807, 2.05) is 0 Å². The topological polar surface area (TPSA) is 29.3 Å². The van der Waals surface area contributed by atoms with Crippen molar-refractivity contribution in [3.05, 3.63) is 34.1 Å². The summed E-state index contributed by atoms with van der Waals surface area (Å²) in [5.41, 5.74) is 6.93. The third kappa shape index (κ3) is 3.60. The van der Waals surface area contributed by atoms with Gasteiger partial charge in [0, 0.05) is 23.1 Å². The fourth-order valence-electron chi connectivity index (χ4n) is 3.19. The molecule has 0 radical (unpaired) electrons. The van der Waals surface area contributed by atoms with Gasteiger partial charge in [-0.3, -0.25) is 4.90 Å². The van der Waals surface area contributed by atoms with Gasteiger partial charge in [0.25, 0.3) is 0 Å². The molecule has 0 saturated heterocycles. The second-order valence-corrected chi connectivity index (χ2v) is 6.85. The van der Waals surface area contributed by atoms with Gasteiger partial charge in [0.05, 0.1) is 0 Å². The average molecular weight is 343 g/mol. The fourth-order valence-corrected chi connectivity index (χ4v) is 3.70. The van der Waals surface area contributed by atoms with Gasteiger partial charge in [-0.2, -0.15) is 0 Å². The molecule has 1 unspecified atom stereocenters. The minimum Gasteiger partial charge on any atom is -0.329 e. The van der Waals surface area contributed by atoms with Gasteiger partial charge in [0.2, 0.25) is 0 Å². The average Bonchev–Trinajstić information content (AvgIpc) is 2.44. The number of nitrogens with two attached hydrogens (primary N) is 1. The van der Waals surface area contributed by atoms with E-state index >= 15 is 0 Å². The van der Waals surface area contributed by atoms with E-state index in [1.54, 1.807) is 12.1 Å². The van der Waals surface area contributed by atoms with Gasteiger partial charge in [0.15, 0.2) is 0 Å². The van der Waals surface area contributed by atoms with Crippen LogP contribution in [0.3, 0.4) is 0 Å². The molecule has 0 heterocycles. The van der Waals surface area contributed by atoms with E-state index in [-0.39, 0.29) is 11.9 Å². The largest absolute Gasteiger partial charge is 0.329 e. The van der Waals surface area contributed by atoms with E-state index in [0.717, 1.165) is 16.0 Å². The van der Waals surface area contributed by atoms with Crippen molar-refractivity contribution in [1.82, 2.24) is 4.90 Å². The summed E-state index contributed by atoms with van der Waals surface area (Å²) in [4.78, 5) is 2.34. The quantitative estimate of drug-likeness (QED) is 0.892. The molecule has 4 heteroatoms. The van der Waals surface area contributed by atoms with Crippen LogP contribution in [0.25, 0.3) is 0 Å². The normalized spacial score (nSPS) is 24.9. The van der Waals surface area contributed by atoms with Crippen LogP contribution >= 0.6 is 15.9 Å². The van der Waals surface area contributed by atoms with Crippen LogP contribution in [0.1, 0.15) is 44.2 Å². The van der Waals surface area contributed by atoms with E-state index in [1.165, 1.54) is 31.7 Å². The number of likely N-dealkylation sites (N-methyl/N-ethyl adjacent to an activating group) is 1. The summed E-state index contributed by atoms with van der Waals surface area (Å²) in [6, 6.07) is 5.46. The maximum absolute atomic E-state index is 13.5. The van der Waals surface area contributed by atoms with Crippen LogP contribution in [-0.4, -0.2) is 24.5 Å². The number of halogens is 2. The molecular weight excluding hydrogens is 319 g/mol. The zero-order valence-electron chi connectivity index (χ0n) is 12.3. The first-order valence-corrected chi connectivity index (χ1v) is 8.19. The van der Waals surface area contributed by atoms with E-state index in [9.17, 15) is 4.39 Å². The maximum atomic E-state index is 13.5. The minimum absolute atomic E-state index is 0.0680. The predicted molar refractivity (Wildman–Crippen MR) is 85.1 cm³/mol. The Morgan fingerprint density at radius 2 is 2.00 bits per heavy atom. The Hall–Kier alpha value is -0.450. The number of hydrogen-bond donors (Lipinski definition) is 1. The molecule has 1 saturated carbocycles. The zero-order chi connectivity index (χ0) is 14.7. The van der Waals surface area contributed by atoms with Crippen LogP contribution in [0.15, 0.2) is 22.7 Å². The van der Waals surface area contributed by atoms with Crippen molar-refractivity contribution in [2.75, 3.05) is 13.6 Å². The van der Waals surface area contributed by atoms with Gasteiger partial charge >= 0.3 is 0 Å². The van der Waals surface area contributed by atoms with Crippen LogP contribution in [0, 0.1) is 11.7 Å². The molecule has 2 nitrogen and oxygen atoms in total. The Morgan fingerprint density at radius 1 is 1.35 bits per heavy atom. The molecular formula is C16H24BrFN2. The van der Waals surface area contributed by atoms with Gasteiger partial charge < -0.3 is 5.73 Å². The maximum Gasteiger partial charge on any atom is 0.123 e. The van der Waals surface area contributed by atoms with Crippen molar-refractivity contribution in [2.24, 2.45) is 11.7 Å². The molecule has 1 fully saturated rings. The third-order valence-electron chi connectivity index (χ3n) is 4.59. The number of hydrogen-bond acceptors (Lipinski definition) is 2. The summed E-state index contributed by atoms with van der Waals surface area (Å²) in [7, 11) is 2.12. The third-order valence-corrected chi connectivity index (χ3v) is 5.32. The molecule has 1 aromatic carbocycles. The van der Waals surface area contributed by atoms with Crippen molar-refractivity contribution in [2.45, 2.75) is 44.7 Å². The lowest BCUT2D eigenvalue weighted by molar-refractivity contribution is 0.126. The smallest absolute Gasteiger partial charge is 0.123 e. The second-order valence-electron chi connectivity index (χ2n) is 6.00. The highest BCUT2D eigenvalue weighted by atomic mass is 79.9. The van der Waals surface area contributed by atoms with E-state index < -0.39 is 0 Å². The van der Waals surface area contributed by atoms with Crippen LogP contribution in [0.2, 0.25) is 0 Å². The zero-order valence-corrected chi connectivity index (χ0v) is 13.9. The van der Waals surface area contributed by atoms with Crippen LogP contribution in [0.5, 0.6) is 0 Å². The highest BCUT2D eigenvalue weighted by Gasteiger charge is 2.27. The molecule has 2 rings (SSSR count). The molecule has 0 bridgehead atoms. The predicted octanol–water partition coefficient (Wildman–Crippen LogP) is 4.10.